The van der Waals surface area contributed by atoms with Crippen LogP contribution >= 0.6 is 0 Å². The minimum absolute atomic E-state index is 0.0614. The van der Waals surface area contributed by atoms with Crippen LogP contribution < -0.4 is 16.4 Å². The quantitative estimate of drug-likeness (QED) is 0.306. The zero-order valence-electron chi connectivity index (χ0n) is 21.2. The van der Waals surface area contributed by atoms with Crippen LogP contribution in [-0.4, -0.2) is 30.0 Å². The first kappa shape index (κ1) is 25.7. The molecule has 1 aliphatic rings. The van der Waals surface area contributed by atoms with Crippen molar-refractivity contribution in [3.63, 3.8) is 0 Å². The lowest BCUT2D eigenvalue weighted by atomic mass is 9.88. The average molecular weight is 520 g/mol. The Morgan fingerprint density at radius 2 is 1.21 bits per heavy atom. The predicted octanol–water partition coefficient (Wildman–Crippen LogP) is 4.31. The number of fused-ring (bicyclic) bond motifs is 3. The Hall–Kier alpha value is -4.91. The standard InChI is InChI=1S/C32H29N3O4/c33-30(36)29(28-25-17-9-7-15-23(25)24-16-8-10-18-26(24)28)35-31(37)27(19-21-11-3-1-4-12-21)34-32(38)39-20-22-13-5-2-6-14-22/h1-18,27-29H,19-20H2,(H2,33,36)(H,34,38)(H,35,37)/t27-,29-/m1/s1. The minimum atomic E-state index is -1.03. The van der Waals surface area contributed by atoms with Gasteiger partial charge in [-0.1, -0.05) is 109 Å². The summed E-state index contributed by atoms with van der Waals surface area (Å²) in [6.07, 6.45) is -0.529. The fraction of sp³-hybridized carbons (Fsp3) is 0.156. The fourth-order valence-corrected chi connectivity index (χ4v) is 5.09. The lowest BCUT2D eigenvalue weighted by molar-refractivity contribution is -0.128. The van der Waals surface area contributed by atoms with Crippen molar-refractivity contribution >= 4 is 17.9 Å². The van der Waals surface area contributed by atoms with Gasteiger partial charge in [0.15, 0.2) is 0 Å². The molecule has 0 radical (unpaired) electrons. The van der Waals surface area contributed by atoms with Gasteiger partial charge in [0.2, 0.25) is 11.8 Å². The van der Waals surface area contributed by atoms with Gasteiger partial charge >= 0.3 is 6.09 Å². The van der Waals surface area contributed by atoms with E-state index in [4.69, 9.17) is 10.5 Å². The number of amides is 3. The number of hydrogen-bond donors (Lipinski definition) is 3. The molecule has 196 valence electrons. The molecule has 0 bridgehead atoms. The first-order valence-corrected chi connectivity index (χ1v) is 12.8. The summed E-state index contributed by atoms with van der Waals surface area (Å²) in [4.78, 5) is 39.2. The molecule has 5 rings (SSSR count). The number of hydrogen-bond acceptors (Lipinski definition) is 4. The van der Waals surface area contributed by atoms with Gasteiger partial charge in [0, 0.05) is 12.3 Å². The summed E-state index contributed by atoms with van der Waals surface area (Å²) in [5.41, 5.74) is 11.4. The summed E-state index contributed by atoms with van der Waals surface area (Å²) in [6, 6.07) is 32.1. The lowest BCUT2D eigenvalue weighted by Crippen LogP contribution is -2.55. The summed E-state index contributed by atoms with van der Waals surface area (Å²) in [5, 5.41) is 5.54. The second-order valence-electron chi connectivity index (χ2n) is 9.49. The van der Waals surface area contributed by atoms with Crippen LogP contribution in [0.3, 0.4) is 0 Å². The van der Waals surface area contributed by atoms with E-state index in [-0.39, 0.29) is 13.0 Å². The van der Waals surface area contributed by atoms with Gasteiger partial charge in [-0.2, -0.15) is 0 Å². The maximum absolute atomic E-state index is 13.7. The number of rotatable bonds is 9. The van der Waals surface area contributed by atoms with Crippen molar-refractivity contribution in [3.8, 4) is 11.1 Å². The van der Waals surface area contributed by atoms with Gasteiger partial charge in [-0.05, 0) is 33.4 Å². The third-order valence-electron chi connectivity index (χ3n) is 6.92. The van der Waals surface area contributed by atoms with Gasteiger partial charge in [0.05, 0.1) is 0 Å². The predicted molar refractivity (Wildman–Crippen MR) is 149 cm³/mol. The average Bonchev–Trinajstić information content (AvgIpc) is 3.29. The summed E-state index contributed by atoms with van der Waals surface area (Å²) in [6.45, 7) is 0.0614. The third-order valence-corrected chi connectivity index (χ3v) is 6.92. The monoisotopic (exact) mass is 519 g/mol. The molecule has 0 saturated carbocycles. The molecule has 2 atom stereocenters. The van der Waals surface area contributed by atoms with Gasteiger partial charge in [-0.3, -0.25) is 9.59 Å². The smallest absolute Gasteiger partial charge is 0.408 e. The van der Waals surface area contributed by atoms with E-state index >= 15 is 0 Å². The minimum Gasteiger partial charge on any atom is -0.445 e. The van der Waals surface area contributed by atoms with Gasteiger partial charge < -0.3 is 21.1 Å². The molecule has 0 aromatic heterocycles. The van der Waals surface area contributed by atoms with Crippen LogP contribution in [0.15, 0.2) is 109 Å². The second-order valence-corrected chi connectivity index (χ2v) is 9.49. The summed E-state index contributed by atoms with van der Waals surface area (Å²) < 4.78 is 5.37. The van der Waals surface area contributed by atoms with E-state index in [0.29, 0.717) is 0 Å². The fourth-order valence-electron chi connectivity index (χ4n) is 5.09. The molecule has 0 fully saturated rings. The first-order chi connectivity index (χ1) is 19.0. The molecule has 7 nitrogen and oxygen atoms in total. The lowest BCUT2D eigenvalue weighted by Gasteiger charge is -2.27. The SMILES string of the molecule is NC(=O)[C@H](NC(=O)[C@@H](Cc1ccccc1)NC(=O)OCc1ccccc1)C1c2ccccc2-c2ccccc21. The maximum atomic E-state index is 13.7. The van der Waals surface area contributed by atoms with E-state index in [0.717, 1.165) is 33.4 Å². The number of alkyl carbamates (subject to hydrolysis) is 1. The Labute approximate surface area is 227 Å². The highest BCUT2D eigenvalue weighted by Gasteiger charge is 2.39. The first-order valence-electron chi connectivity index (χ1n) is 12.8. The molecule has 0 unspecified atom stereocenters. The van der Waals surface area contributed by atoms with Crippen LogP contribution in [0.1, 0.15) is 28.2 Å². The van der Waals surface area contributed by atoms with E-state index < -0.39 is 35.9 Å². The van der Waals surface area contributed by atoms with Crippen LogP contribution in [0.5, 0.6) is 0 Å². The van der Waals surface area contributed by atoms with Crippen LogP contribution in [0.2, 0.25) is 0 Å². The molecular formula is C32H29N3O4. The van der Waals surface area contributed by atoms with Gasteiger partial charge in [-0.25, -0.2) is 4.79 Å². The largest absolute Gasteiger partial charge is 0.445 e. The third kappa shape index (κ3) is 5.83. The maximum Gasteiger partial charge on any atom is 0.408 e. The topological polar surface area (TPSA) is 111 Å². The van der Waals surface area contributed by atoms with Crippen LogP contribution in [0.4, 0.5) is 4.79 Å². The van der Waals surface area contributed by atoms with E-state index in [1.807, 2.05) is 109 Å². The van der Waals surface area contributed by atoms with Crippen LogP contribution in [-0.2, 0) is 27.4 Å². The highest BCUT2D eigenvalue weighted by atomic mass is 16.5. The number of ether oxygens (including phenoxy) is 1. The summed E-state index contributed by atoms with van der Waals surface area (Å²) in [7, 11) is 0. The number of primary amides is 1. The van der Waals surface area contributed by atoms with E-state index in [2.05, 4.69) is 10.6 Å². The Morgan fingerprint density at radius 3 is 1.77 bits per heavy atom. The molecule has 0 aliphatic heterocycles. The van der Waals surface area contributed by atoms with Crippen LogP contribution in [0, 0.1) is 0 Å². The summed E-state index contributed by atoms with van der Waals surface area (Å²) in [5.74, 6) is -1.65. The van der Waals surface area contributed by atoms with Crippen molar-refractivity contribution < 1.29 is 19.1 Å². The number of carbonyl (C=O) groups is 3. The van der Waals surface area contributed by atoms with Crippen molar-refractivity contribution in [1.29, 1.82) is 0 Å². The zero-order valence-corrected chi connectivity index (χ0v) is 21.2. The molecule has 39 heavy (non-hydrogen) atoms. The number of nitrogens with two attached hydrogens (primary N) is 1. The van der Waals surface area contributed by atoms with Crippen molar-refractivity contribution in [2.75, 3.05) is 0 Å². The molecule has 7 heteroatoms. The summed E-state index contributed by atoms with van der Waals surface area (Å²) >= 11 is 0. The van der Waals surface area contributed by atoms with Gasteiger partial charge in [-0.15, -0.1) is 0 Å². The van der Waals surface area contributed by atoms with Crippen molar-refractivity contribution in [2.24, 2.45) is 5.73 Å². The number of benzene rings is 4. The van der Waals surface area contributed by atoms with Crippen molar-refractivity contribution in [1.82, 2.24) is 10.6 Å². The second kappa shape index (κ2) is 11.6. The number of carbonyl (C=O) groups excluding carboxylic acids is 3. The van der Waals surface area contributed by atoms with Crippen molar-refractivity contribution in [3.05, 3.63) is 131 Å². The molecule has 0 spiro atoms. The zero-order chi connectivity index (χ0) is 27.2. The Morgan fingerprint density at radius 1 is 0.692 bits per heavy atom. The number of nitrogens with one attached hydrogen (secondary N) is 2. The van der Waals surface area contributed by atoms with Crippen LogP contribution in [0.25, 0.3) is 11.1 Å². The Bertz CT molecular complexity index is 1430. The van der Waals surface area contributed by atoms with Gasteiger partial charge in [0.1, 0.15) is 18.7 Å². The molecule has 3 amide bonds. The molecule has 4 N–H and O–H groups in total. The molecular weight excluding hydrogens is 490 g/mol. The Kier molecular flexibility index (Phi) is 7.68. The molecule has 4 aromatic rings. The van der Waals surface area contributed by atoms with Crippen molar-refractivity contribution in [2.45, 2.75) is 31.0 Å². The van der Waals surface area contributed by atoms with E-state index in [1.165, 1.54) is 0 Å². The highest BCUT2D eigenvalue weighted by molar-refractivity contribution is 5.93. The van der Waals surface area contributed by atoms with Gasteiger partial charge in [0.25, 0.3) is 0 Å². The molecule has 0 heterocycles. The van der Waals surface area contributed by atoms with E-state index in [9.17, 15) is 14.4 Å². The molecule has 0 saturated heterocycles. The van der Waals surface area contributed by atoms with E-state index in [1.54, 1.807) is 0 Å². The Balaban J connectivity index is 1.38. The molecule has 1 aliphatic carbocycles. The highest BCUT2D eigenvalue weighted by Crippen LogP contribution is 2.46. The molecule has 4 aromatic carbocycles. The normalized spacial score (nSPS) is 13.4.